The fraction of sp³-hybridized carbons (Fsp3) is 0.267. The predicted octanol–water partition coefficient (Wildman–Crippen LogP) is -0.138. The van der Waals surface area contributed by atoms with Gasteiger partial charge in [-0.05, 0) is 23.8 Å². The SMILES string of the molecule is COc1ccc(/C=C/C(=O)OCC(=O)NCC(N)=O)cc1OC. The summed E-state index contributed by atoms with van der Waals surface area (Å²) in [5.41, 5.74) is 5.55. The Labute approximate surface area is 133 Å². The third-order valence-electron chi connectivity index (χ3n) is 2.62. The predicted molar refractivity (Wildman–Crippen MR) is 81.7 cm³/mol. The lowest BCUT2D eigenvalue weighted by Crippen LogP contribution is -2.35. The van der Waals surface area contributed by atoms with Gasteiger partial charge in [-0.25, -0.2) is 4.79 Å². The molecule has 124 valence electrons. The molecule has 0 aliphatic carbocycles. The van der Waals surface area contributed by atoms with E-state index in [0.29, 0.717) is 17.1 Å². The molecule has 2 amide bonds. The molecule has 0 heterocycles. The van der Waals surface area contributed by atoms with Crippen LogP contribution in [-0.2, 0) is 19.1 Å². The van der Waals surface area contributed by atoms with E-state index in [1.807, 2.05) is 0 Å². The number of amides is 2. The molecule has 23 heavy (non-hydrogen) atoms. The van der Waals surface area contributed by atoms with E-state index >= 15 is 0 Å². The molecule has 0 atom stereocenters. The van der Waals surface area contributed by atoms with Crippen LogP contribution in [0.3, 0.4) is 0 Å². The van der Waals surface area contributed by atoms with Crippen LogP contribution in [0.1, 0.15) is 5.56 Å². The van der Waals surface area contributed by atoms with Crippen molar-refractivity contribution < 1.29 is 28.6 Å². The van der Waals surface area contributed by atoms with Crippen LogP contribution in [-0.4, -0.2) is 45.2 Å². The third-order valence-corrected chi connectivity index (χ3v) is 2.62. The lowest BCUT2D eigenvalue weighted by Gasteiger charge is -2.07. The highest BCUT2D eigenvalue weighted by Crippen LogP contribution is 2.27. The quantitative estimate of drug-likeness (QED) is 0.508. The molecule has 1 aromatic carbocycles. The lowest BCUT2D eigenvalue weighted by atomic mass is 10.2. The zero-order valence-corrected chi connectivity index (χ0v) is 12.8. The second-order valence-electron chi connectivity index (χ2n) is 4.30. The van der Waals surface area contributed by atoms with Gasteiger partial charge in [0.2, 0.25) is 5.91 Å². The van der Waals surface area contributed by atoms with Gasteiger partial charge >= 0.3 is 5.97 Å². The minimum absolute atomic E-state index is 0.308. The van der Waals surface area contributed by atoms with Crippen molar-refractivity contribution in [3.05, 3.63) is 29.8 Å². The summed E-state index contributed by atoms with van der Waals surface area (Å²) < 4.78 is 15.0. The van der Waals surface area contributed by atoms with Gasteiger partial charge in [-0.3, -0.25) is 9.59 Å². The number of hydrogen-bond donors (Lipinski definition) is 2. The molecule has 0 saturated heterocycles. The highest BCUT2D eigenvalue weighted by atomic mass is 16.5. The maximum atomic E-state index is 11.5. The molecule has 0 saturated carbocycles. The molecule has 0 radical (unpaired) electrons. The van der Waals surface area contributed by atoms with Gasteiger partial charge in [0.1, 0.15) is 0 Å². The summed E-state index contributed by atoms with van der Waals surface area (Å²) in [5, 5.41) is 2.19. The van der Waals surface area contributed by atoms with Gasteiger partial charge < -0.3 is 25.3 Å². The Kier molecular flexibility index (Phi) is 7.12. The smallest absolute Gasteiger partial charge is 0.331 e. The number of rotatable bonds is 8. The third kappa shape index (κ3) is 6.51. The standard InChI is InChI=1S/C15H18N2O6/c1-21-11-5-3-10(7-12(11)22-2)4-6-15(20)23-9-14(19)17-8-13(16)18/h3-7H,8-9H2,1-2H3,(H2,16,18)(H,17,19)/b6-4+. The maximum absolute atomic E-state index is 11.5. The average Bonchev–Trinajstić information content (AvgIpc) is 2.55. The Bertz CT molecular complexity index is 612. The van der Waals surface area contributed by atoms with Crippen LogP contribution in [0.5, 0.6) is 11.5 Å². The molecule has 0 fully saturated rings. The van der Waals surface area contributed by atoms with Gasteiger partial charge in [-0.2, -0.15) is 0 Å². The maximum Gasteiger partial charge on any atom is 0.331 e. The number of methoxy groups -OCH3 is 2. The van der Waals surface area contributed by atoms with Gasteiger partial charge in [0.25, 0.3) is 5.91 Å². The largest absolute Gasteiger partial charge is 0.493 e. The van der Waals surface area contributed by atoms with Crippen LogP contribution in [0.4, 0.5) is 0 Å². The van der Waals surface area contributed by atoms with Crippen LogP contribution in [0.2, 0.25) is 0 Å². The second kappa shape index (κ2) is 9.08. The van der Waals surface area contributed by atoms with Gasteiger partial charge in [-0.1, -0.05) is 6.07 Å². The van der Waals surface area contributed by atoms with Crippen LogP contribution < -0.4 is 20.5 Å². The summed E-state index contributed by atoms with van der Waals surface area (Å²) in [4.78, 5) is 33.2. The first-order valence-electron chi connectivity index (χ1n) is 6.58. The highest BCUT2D eigenvalue weighted by molar-refractivity contribution is 5.90. The van der Waals surface area contributed by atoms with Crippen LogP contribution in [0.15, 0.2) is 24.3 Å². The summed E-state index contributed by atoms with van der Waals surface area (Å²) in [6, 6.07) is 5.11. The Hall–Kier alpha value is -3.03. The number of hydrogen-bond acceptors (Lipinski definition) is 6. The monoisotopic (exact) mass is 322 g/mol. The molecule has 0 bridgehead atoms. The van der Waals surface area contributed by atoms with E-state index in [4.69, 9.17) is 19.9 Å². The first-order valence-corrected chi connectivity index (χ1v) is 6.58. The molecule has 0 aliphatic heterocycles. The summed E-state index contributed by atoms with van der Waals surface area (Å²) in [6.45, 7) is -0.805. The molecule has 1 rings (SSSR count). The van der Waals surface area contributed by atoms with Crippen molar-refractivity contribution in [1.29, 1.82) is 0 Å². The van der Waals surface area contributed by atoms with Crippen molar-refractivity contribution in [2.24, 2.45) is 5.73 Å². The van der Waals surface area contributed by atoms with E-state index in [2.05, 4.69) is 5.32 Å². The number of carbonyl (C=O) groups is 3. The minimum Gasteiger partial charge on any atom is -0.493 e. The highest BCUT2D eigenvalue weighted by Gasteiger charge is 2.06. The summed E-state index contributed by atoms with van der Waals surface area (Å²) in [5.74, 6) is -0.907. The van der Waals surface area contributed by atoms with Crippen molar-refractivity contribution in [3.63, 3.8) is 0 Å². The average molecular weight is 322 g/mol. The van der Waals surface area contributed by atoms with E-state index in [1.54, 1.807) is 18.2 Å². The number of ether oxygens (including phenoxy) is 3. The molecule has 0 aliphatic rings. The van der Waals surface area contributed by atoms with Crippen molar-refractivity contribution >= 4 is 23.9 Å². The second-order valence-corrected chi connectivity index (χ2v) is 4.30. The normalized spacial score (nSPS) is 10.2. The Balaban J connectivity index is 2.52. The Morgan fingerprint density at radius 1 is 1.17 bits per heavy atom. The van der Waals surface area contributed by atoms with E-state index < -0.39 is 24.4 Å². The topological polar surface area (TPSA) is 117 Å². The molecular formula is C15H18N2O6. The van der Waals surface area contributed by atoms with E-state index in [9.17, 15) is 14.4 Å². The number of esters is 1. The van der Waals surface area contributed by atoms with Gasteiger partial charge in [0.15, 0.2) is 18.1 Å². The van der Waals surface area contributed by atoms with Crippen molar-refractivity contribution in [2.75, 3.05) is 27.4 Å². The number of benzene rings is 1. The fourth-order valence-electron chi connectivity index (χ4n) is 1.54. The van der Waals surface area contributed by atoms with Crippen molar-refractivity contribution in [2.45, 2.75) is 0 Å². The van der Waals surface area contributed by atoms with Crippen molar-refractivity contribution in [3.8, 4) is 11.5 Å². The minimum atomic E-state index is -0.700. The van der Waals surface area contributed by atoms with Crippen molar-refractivity contribution in [1.82, 2.24) is 5.32 Å². The zero-order chi connectivity index (χ0) is 17.2. The molecular weight excluding hydrogens is 304 g/mol. The molecule has 0 aromatic heterocycles. The summed E-state index contributed by atoms with van der Waals surface area (Å²) in [7, 11) is 3.03. The van der Waals surface area contributed by atoms with Crippen LogP contribution >= 0.6 is 0 Å². The lowest BCUT2D eigenvalue weighted by molar-refractivity contribution is -0.143. The molecule has 3 N–H and O–H groups in total. The number of primary amides is 1. The molecule has 8 nitrogen and oxygen atoms in total. The van der Waals surface area contributed by atoms with E-state index in [0.717, 1.165) is 0 Å². The number of carbonyl (C=O) groups excluding carboxylic acids is 3. The zero-order valence-electron chi connectivity index (χ0n) is 12.8. The van der Waals surface area contributed by atoms with Crippen LogP contribution in [0, 0.1) is 0 Å². The molecule has 8 heteroatoms. The molecule has 0 spiro atoms. The first-order chi connectivity index (χ1) is 11.0. The summed E-state index contributed by atoms with van der Waals surface area (Å²) >= 11 is 0. The fourth-order valence-corrected chi connectivity index (χ4v) is 1.54. The number of nitrogens with one attached hydrogen (secondary N) is 1. The molecule has 1 aromatic rings. The van der Waals surface area contributed by atoms with Crippen LogP contribution in [0.25, 0.3) is 6.08 Å². The van der Waals surface area contributed by atoms with Gasteiger partial charge in [-0.15, -0.1) is 0 Å². The first kappa shape index (κ1) is 18.0. The van der Waals surface area contributed by atoms with E-state index in [-0.39, 0.29) is 6.54 Å². The number of nitrogens with two attached hydrogens (primary N) is 1. The van der Waals surface area contributed by atoms with Gasteiger partial charge in [0.05, 0.1) is 20.8 Å². The molecule has 0 unspecified atom stereocenters. The van der Waals surface area contributed by atoms with E-state index in [1.165, 1.54) is 26.4 Å². The summed E-state index contributed by atoms with van der Waals surface area (Å²) in [6.07, 6.45) is 2.67. The van der Waals surface area contributed by atoms with Gasteiger partial charge in [0, 0.05) is 6.08 Å². The Morgan fingerprint density at radius 3 is 2.48 bits per heavy atom. The Morgan fingerprint density at radius 2 is 1.87 bits per heavy atom.